The molecule has 4 heterocycles. The van der Waals surface area contributed by atoms with E-state index < -0.39 is 23.4 Å². The molecule has 12 heteroatoms. The Hall–Kier alpha value is -3.32. The minimum Gasteiger partial charge on any atom is -0.444 e. The first-order valence-electron chi connectivity index (χ1n) is 18.0. The van der Waals surface area contributed by atoms with Crippen molar-refractivity contribution >= 4 is 65.9 Å². The molecule has 4 aromatic rings. The summed E-state index contributed by atoms with van der Waals surface area (Å²) >= 11 is 6.86. The molecule has 2 aliphatic heterocycles. The van der Waals surface area contributed by atoms with Gasteiger partial charge in [-0.3, -0.25) is 0 Å². The number of para-hydroxylation sites is 2. The Labute approximate surface area is 323 Å². The van der Waals surface area contributed by atoms with Crippen molar-refractivity contribution in [2.75, 3.05) is 13.1 Å². The van der Waals surface area contributed by atoms with Gasteiger partial charge in [-0.1, -0.05) is 36.4 Å². The first-order chi connectivity index (χ1) is 24.5. The number of hydrogen-bond acceptors (Lipinski definition) is 8. The van der Waals surface area contributed by atoms with Gasteiger partial charge in [-0.05, 0) is 147 Å². The third-order valence-corrected chi connectivity index (χ3v) is 9.97. The van der Waals surface area contributed by atoms with Crippen molar-refractivity contribution in [3.63, 3.8) is 0 Å². The Morgan fingerprint density at radius 2 is 1.04 bits per heavy atom. The number of aliphatic hydroxyl groups excluding tert-OH is 2. The number of likely N-dealkylation sites (tertiary alicyclic amines) is 2. The van der Waals surface area contributed by atoms with Gasteiger partial charge in [0.05, 0.1) is 23.1 Å². The number of piperidine rings is 2. The summed E-state index contributed by atoms with van der Waals surface area (Å²) in [5, 5.41) is 24.2. The third-order valence-electron chi connectivity index (χ3n) is 9.15. The van der Waals surface area contributed by atoms with Crippen LogP contribution in [-0.2, 0) is 9.47 Å². The average molecular weight is 843 g/mol. The Bertz CT molecular complexity index is 1740. The van der Waals surface area contributed by atoms with Gasteiger partial charge < -0.3 is 29.5 Å². The van der Waals surface area contributed by atoms with Crippen LogP contribution in [0.25, 0.3) is 21.8 Å². The number of carbonyl (C=O) groups is 2. The zero-order chi connectivity index (χ0) is 37.8. The second-order valence-corrected chi connectivity index (χ2v) is 17.1. The summed E-state index contributed by atoms with van der Waals surface area (Å²) in [5.41, 5.74) is 2.07. The minimum atomic E-state index is -0.799. The fourth-order valence-electron chi connectivity index (χ4n) is 6.91. The average Bonchev–Trinajstić information content (AvgIpc) is 3.09. The lowest BCUT2D eigenvalue weighted by Gasteiger charge is -2.39. The van der Waals surface area contributed by atoms with E-state index in [4.69, 9.17) is 9.47 Å². The lowest BCUT2D eigenvalue weighted by molar-refractivity contribution is -0.0170. The highest BCUT2D eigenvalue weighted by molar-refractivity contribution is 9.10. The number of halogens is 2. The minimum absolute atomic E-state index is 0.309. The second-order valence-electron chi connectivity index (χ2n) is 15.5. The number of pyridine rings is 2. The van der Waals surface area contributed by atoms with E-state index in [1.54, 1.807) is 9.80 Å². The molecule has 0 radical (unpaired) electrons. The first-order valence-corrected chi connectivity index (χ1v) is 19.6. The van der Waals surface area contributed by atoms with Crippen LogP contribution in [0.3, 0.4) is 0 Å². The van der Waals surface area contributed by atoms with Gasteiger partial charge in [-0.15, -0.1) is 0 Å². The maximum atomic E-state index is 12.7. The van der Waals surface area contributed by atoms with Crippen molar-refractivity contribution in [1.82, 2.24) is 19.8 Å². The molecule has 2 aromatic carbocycles. The van der Waals surface area contributed by atoms with Gasteiger partial charge in [0.2, 0.25) is 0 Å². The number of ether oxygens (including phenoxy) is 2. The number of hydrogen-bond donors (Lipinski definition) is 2. The molecule has 0 bridgehead atoms. The monoisotopic (exact) mass is 840 g/mol. The molecule has 4 atom stereocenters. The largest absolute Gasteiger partial charge is 0.444 e. The molecule has 2 fully saturated rings. The normalized spacial score (nSPS) is 19.4. The first kappa shape index (κ1) is 39.9. The number of nitrogens with zero attached hydrogens (tertiary/aromatic N) is 4. The molecule has 0 aliphatic carbocycles. The summed E-state index contributed by atoms with van der Waals surface area (Å²) in [6.45, 7) is 12.3. The van der Waals surface area contributed by atoms with E-state index in [-0.39, 0.29) is 24.3 Å². The highest BCUT2D eigenvalue weighted by Gasteiger charge is 2.37. The lowest BCUT2D eigenvalue weighted by atomic mass is 9.91. The molecule has 52 heavy (non-hydrogen) atoms. The fraction of sp³-hybridized carbons (Fsp3) is 0.500. The number of aliphatic hydroxyl groups is 2. The Morgan fingerprint density at radius 3 is 1.40 bits per heavy atom. The summed E-state index contributed by atoms with van der Waals surface area (Å²) in [4.78, 5) is 37.6. The van der Waals surface area contributed by atoms with Crippen molar-refractivity contribution in [3.05, 3.63) is 81.0 Å². The van der Waals surface area contributed by atoms with Crippen LogP contribution in [0.4, 0.5) is 9.59 Å². The number of amides is 2. The SMILES string of the molecule is CC(C)(C)OC(=O)N1CCCC[C@@H]1[C@@H](O)c1cc(Br)nc2ccccc12.CC(C)(C)OC(=O)N1CCCC[C@@H]1[C@H](O)c1cc(Br)nc2ccccc12. The van der Waals surface area contributed by atoms with Crippen LogP contribution >= 0.6 is 31.9 Å². The van der Waals surface area contributed by atoms with E-state index in [9.17, 15) is 19.8 Å². The van der Waals surface area contributed by atoms with Gasteiger partial charge in [0.25, 0.3) is 0 Å². The van der Waals surface area contributed by atoms with E-state index in [0.29, 0.717) is 22.3 Å². The summed E-state index contributed by atoms with van der Waals surface area (Å²) < 4.78 is 12.5. The van der Waals surface area contributed by atoms with Crippen molar-refractivity contribution in [2.45, 2.75) is 116 Å². The van der Waals surface area contributed by atoms with Crippen LogP contribution in [0.15, 0.2) is 69.9 Å². The lowest BCUT2D eigenvalue weighted by Crippen LogP contribution is -2.48. The third kappa shape index (κ3) is 10.0. The zero-order valence-electron chi connectivity index (χ0n) is 30.8. The molecule has 2 amide bonds. The molecule has 0 saturated carbocycles. The molecule has 2 saturated heterocycles. The predicted octanol–water partition coefficient (Wildman–Crippen LogP) is 9.64. The van der Waals surface area contributed by atoms with E-state index in [1.165, 1.54) is 0 Å². The molecule has 0 unspecified atom stereocenters. The molecule has 2 N–H and O–H groups in total. The quantitative estimate of drug-likeness (QED) is 0.195. The van der Waals surface area contributed by atoms with Crippen LogP contribution in [-0.4, -0.2) is 78.5 Å². The summed E-state index contributed by atoms with van der Waals surface area (Å²) in [6.07, 6.45) is 2.96. The van der Waals surface area contributed by atoms with Crippen molar-refractivity contribution in [1.29, 1.82) is 0 Å². The highest BCUT2D eigenvalue weighted by Crippen LogP contribution is 2.36. The Morgan fingerprint density at radius 1 is 0.673 bits per heavy atom. The van der Waals surface area contributed by atoms with Crippen LogP contribution in [0.2, 0.25) is 0 Å². The summed E-state index contributed by atoms with van der Waals surface area (Å²) in [6, 6.07) is 18.5. The van der Waals surface area contributed by atoms with Crippen LogP contribution < -0.4 is 0 Å². The molecule has 2 aromatic heterocycles. The molecule has 280 valence electrons. The standard InChI is InChI=1S/2C20H25BrN2O3/c2*1-20(2,3)26-19(25)23-11-7-6-10-16(23)18(24)14-12-17(21)22-15-9-5-4-8-13(14)15/h2*4-5,8-9,12,16,18,24H,6-7,10-11H2,1-3H3/t16-,18+;16-,18-/m11/s1. The molecular weight excluding hydrogens is 792 g/mol. The fourth-order valence-corrected chi connectivity index (χ4v) is 7.78. The Balaban J connectivity index is 0.000000201. The number of aromatic nitrogens is 2. The number of fused-ring (bicyclic) bond motifs is 2. The van der Waals surface area contributed by atoms with Crippen molar-refractivity contribution in [3.8, 4) is 0 Å². The van der Waals surface area contributed by atoms with Crippen LogP contribution in [0, 0.1) is 0 Å². The Kier molecular flexibility index (Phi) is 12.9. The maximum absolute atomic E-state index is 12.7. The van der Waals surface area contributed by atoms with Gasteiger partial charge in [0.15, 0.2) is 0 Å². The molecule has 2 aliphatic rings. The summed E-state index contributed by atoms with van der Waals surface area (Å²) in [5.74, 6) is 0. The number of carbonyl (C=O) groups excluding carboxylic acids is 2. The van der Waals surface area contributed by atoms with E-state index in [1.807, 2.05) is 102 Å². The van der Waals surface area contributed by atoms with Crippen molar-refractivity contribution < 1.29 is 29.3 Å². The van der Waals surface area contributed by atoms with Gasteiger partial charge in [-0.2, -0.15) is 0 Å². The van der Waals surface area contributed by atoms with Crippen molar-refractivity contribution in [2.24, 2.45) is 0 Å². The molecular formula is C40H50Br2N4O6. The van der Waals surface area contributed by atoms with Crippen LogP contribution in [0.5, 0.6) is 0 Å². The topological polar surface area (TPSA) is 125 Å². The number of benzene rings is 2. The van der Waals surface area contributed by atoms with Gasteiger partial charge in [0.1, 0.15) is 32.6 Å². The van der Waals surface area contributed by atoms with Gasteiger partial charge >= 0.3 is 12.2 Å². The van der Waals surface area contributed by atoms with E-state index >= 15 is 0 Å². The molecule has 0 spiro atoms. The zero-order valence-corrected chi connectivity index (χ0v) is 34.0. The maximum Gasteiger partial charge on any atom is 0.410 e. The van der Waals surface area contributed by atoms with E-state index in [0.717, 1.165) is 71.5 Å². The number of rotatable bonds is 4. The second kappa shape index (κ2) is 16.8. The summed E-state index contributed by atoms with van der Waals surface area (Å²) in [7, 11) is 0. The van der Waals surface area contributed by atoms with Crippen LogP contribution in [0.1, 0.15) is 103 Å². The highest BCUT2D eigenvalue weighted by atomic mass is 79.9. The van der Waals surface area contributed by atoms with E-state index in [2.05, 4.69) is 41.8 Å². The smallest absolute Gasteiger partial charge is 0.410 e. The molecule has 10 nitrogen and oxygen atoms in total. The molecule has 6 rings (SSSR count). The predicted molar refractivity (Wildman–Crippen MR) is 210 cm³/mol. The van der Waals surface area contributed by atoms with Gasteiger partial charge in [0, 0.05) is 23.9 Å². The van der Waals surface area contributed by atoms with Gasteiger partial charge in [-0.25, -0.2) is 19.6 Å².